The highest BCUT2D eigenvalue weighted by Gasteiger charge is 2.37. The summed E-state index contributed by atoms with van der Waals surface area (Å²) in [6.07, 6.45) is 3.26. The van der Waals surface area contributed by atoms with Crippen LogP contribution in [0.5, 0.6) is 5.75 Å². The second kappa shape index (κ2) is 8.06. The van der Waals surface area contributed by atoms with Crippen molar-refractivity contribution in [3.05, 3.63) is 113 Å². The molecule has 3 aromatic carbocycles. The van der Waals surface area contributed by atoms with E-state index in [4.69, 9.17) is 4.74 Å². The number of nitrogens with zero attached hydrogens (tertiary/aromatic N) is 5. The molecular weight excluding hydrogens is 450 g/mol. The van der Waals surface area contributed by atoms with Gasteiger partial charge in [-0.25, -0.2) is 9.97 Å². The number of benzene rings is 3. The number of imidazole rings is 1. The first-order valence-corrected chi connectivity index (χ1v) is 11.3. The van der Waals surface area contributed by atoms with Gasteiger partial charge in [0.25, 0.3) is 0 Å². The predicted octanol–water partition coefficient (Wildman–Crippen LogP) is 4.56. The van der Waals surface area contributed by atoms with Gasteiger partial charge >= 0.3 is 0 Å². The quantitative estimate of drug-likeness (QED) is 0.386. The first kappa shape index (κ1) is 21.5. The molecule has 5 aromatic rings. The van der Waals surface area contributed by atoms with E-state index >= 15 is 0 Å². The summed E-state index contributed by atoms with van der Waals surface area (Å²) in [5.41, 5.74) is 4.04. The number of aliphatic hydroxyl groups is 1. The summed E-state index contributed by atoms with van der Waals surface area (Å²) in [5, 5.41) is 32.6. The summed E-state index contributed by atoms with van der Waals surface area (Å²) in [5.74, 6) is 0.382. The van der Waals surface area contributed by atoms with Crippen LogP contribution in [0.3, 0.4) is 0 Å². The lowest BCUT2D eigenvalue weighted by molar-refractivity contribution is 0.117. The zero-order valence-corrected chi connectivity index (χ0v) is 19.3. The molecule has 1 N–H and O–H groups in total. The fraction of sp³-hybridized carbons (Fsp3) is 0.103. The van der Waals surface area contributed by atoms with E-state index in [1.54, 1.807) is 41.4 Å². The van der Waals surface area contributed by atoms with Crippen LogP contribution >= 0.6 is 0 Å². The van der Waals surface area contributed by atoms with Crippen LogP contribution in [0, 0.1) is 22.7 Å². The van der Waals surface area contributed by atoms with Crippen LogP contribution in [-0.2, 0) is 19.3 Å². The lowest BCUT2D eigenvalue weighted by atomic mass is 9.82. The highest BCUT2D eigenvalue weighted by Crippen LogP contribution is 2.41. The van der Waals surface area contributed by atoms with E-state index in [1.807, 2.05) is 49.5 Å². The number of pyridine rings is 1. The molecule has 3 heterocycles. The van der Waals surface area contributed by atoms with E-state index in [1.165, 1.54) is 0 Å². The Bertz CT molecular complexity index is 1760. The van der Waals surface area contributed by atoms with E-state index in [0.717, 1.165) is 22.1 Å². The van der Waals surface area contributed by atoms with Crippen LogP contribution in [0.4, 0.5) is 0 Å². The molecule has 1 aliphatic heterocycles. The number of aryl methyl sites for hydroxylation is 1. The maximum atomic E-state index is 12.5. The second-order valence-corrected chi connectivity index (χ2v) is 8.81. The van der Waals surface area contributed by atoms with Gasteiger partial charge in [-0.2, -0.15) is 10.5 Å². The van der Waals surface area contributed by atoms with Crippen LogP contribution < -0.4 is 4.74 Å². The standard InChI is InChI=1S/C29H19N5O2/c1-34-17-32-15-28(34)29(35)21-7-8-26-25(10-21)24(12-23(14-31)33-26)19-4-2-3-18(9-19)16-36-27-11-22(29)6-5-20(27)13-30/h2-12,15,17,35H,16H2,1H3. The minimum Gasteiger partial charge on any atom is -0.488 e. The lowest BCUT2D eigenvalue weighted by Gasteiger charge is -2.30. The van der Waals surface area contributed by atoms with Gasteiger partial charge in [0.15, 0.2) is 5.60 Å². The smallest absolute Gasteiger partial charge is 0.157 e. The Balaban J connectivity index is 1.75. The summed E-state index contributed by atoms with van der Waals surface area (Å²) in [6, 6.07) is 24.6. The van der Waals surface area contributed by atoms with Crippen molar-refractivity contribution < 1.29 is 9.84 Å². The SMILES string of the molecule is Cn1cncc1C1(O)c2ccc(C#N)c(c2)OCc2cccc(c2)-c2cc(C#N)nc3ccc1cc23. The summed E-state index contributed by atoms with van der Waals surface area (Å²) in [4.78, 5) is 8.76. The number of ether oxygens (including phenoxy) is 1. The largest absolute Gasteiger partial charge is 0.488 e. The number of fused-ring (bicyclic) bond motifs is 6. The van der Waals surface area contributed by atoms with Crippen LogP contribution in [-0.4, -0.2) is 19.6 Å². The summed E-state index contributed by atoms with van der Waals surface area (Å²) >= 11 is 0. The molecule has 0 fully saturated rings. The molecule has 0 aliphatic carbocycles. The van der Waals surface area contributed by atoms with Gasteiger partial charge in [-0.1, -0.05) is 30.3 Å². The highest BCUT2D eigenvalue weighted by atomic mass is 16.5. The maximum Gasteiger partial charge on any atom is 0.157 e. The Morgan fingerprint density at radius 3 is 2.61 bits per heavy atom. The molecule has 1 unspecified atom stereocenters. The van der Waals surface area contributed by atoms with Crippen LogP contribution in [0.15, 0.2) is 79.3 Å². The van der Waals surface area contributed by atoms with E-state index in [0.29, 0.717) is 39.3 Å². The third-order valence-electron chi connectivity index (χ3n) is 6.68. The zero-order chi connectivity index (χ0) is 24.9. The predicted molar refractivity (Wildman–Crippen MR) is 133 cm³/mol. The molecule has 172 valence electrons. The maximum absolute atomic E-state index is 12.5. The summed E-state index contributed by atoms with van der Waals surface area (Å²) in [6.45, 7) is 0.229. The third-order valence-corrected chi connectivity index (χ3v) is 6.68. The first-order chi connectivity index (χ1) is 17.5. The second-order valence-electron chi connectivity index (χ2n) is 8.81. The molecule has 2 aromatic heterocycles. The van der Waals surface area contributed by atoms with Crippen molar-refractivity contribution in [2.45, 2.75) is 12.2 Å². The third kappa shape index (κ3) is 3.23. The fourth-order valence-corrected chi connectivity index (χ4v) is 4.86. The Kier molecular flexibility index (Phi) is 4.82. The molecule has 7 heteroatoms. The number of hydrogen-bond acceptors (Lipinski definition) is 6. The van der Waals surface area contributed by atoms with Crippen LogP contribution in [0.25, 0.3) is 22.0 Å². The molecule has 36 heavy (non-hydrogen) atoms. The Morgan fingerprint density at radius 2 is 1.83 bits per heavy atom. The average molecular weight is 470 g/mol. The van der Waals surface area contributed by atoms with Gasteiger partial charge in [-0.05, 0) is 64.2 Å². The van der Waals surface area contributed by atoms with Crippen molar-refractivity contribution in [3.8, 4) is 29.0 Å². The van der Waals surface area contributed by atoms with E-state index in [2.05, 4.69) is 22.1 Å². The zero-order valence-electron chi connectivity index (χ0n) is 19.3. The molecular formula is C29H19N5O2. The number of aromatic nitrogens is 3. The van der Waals surface area contributed by atoms with E-state index in [9.17, 15) is 15.6 Å². The van der Waals surface area contributed by atoms with Crippen LogP contribution in [0.2, 0.25) is 0 Å². The number of nitriles is 2. The molecule has 6 rings (SSSR count). The van der Waals surface area contributed by atoms with Gasteiger partial charge in [0.05, 0.1) is 29.3 Å². The van der Waals surface area contributed by atoms with Crippen molar-refractivity contribution >= 4 is 10.9 Å². The summed E-state index contributed by atoms with van der Waals surface area (Å²) < 4.78 is 7.88. The van der Waals surface area contributed by atoms with Gasteiger partial charge in [-0.15, -0.1) is 0 Å². The van der Waals surface area contributed by atoms with Gasteiger partial charge < -0.3 is 14.4 Å². The fourth-order valence-electron chi connectivity index (χ4n) is 4.86. The van der Waals surface area contributed by atoms with Crippen molar-refractivity contribution in [1.29, 1.82) is 10.5 Å². The average Bonchev–Trinajstić information content (AvgIpc) is 3.36. The molecule has 0 radical (unpaired) electrons. The minimum absolute atomic E-state index is 0.229. The van der Waals surface area contributed by atoms with E-state index in [-0.39, 0.29) is 6.61 Å². The molecule has 0 spiro atoms. The lowest BCUT2D eigenvalue weighted by Crippen LogP contribution is -2.31. The van der Waals surface area contributed by atoms with Crippen LogP contribution in [0.1, 0.15) is 33.6 Å². The summed E-state index contributed by atoms with van der Waals surface area (Å²) in [7, 11) is 1.82. The monoisotopic (exact) mass is 469 g/mol. The first-order valence-electron chi connectivity index (χ1n) is 11.3. The van der Waals surface area contributed by atoms with Gasteiger partial charge in [0, 0.05) is 12.4 Å². The van der Waals surface area contributed by atoms with Gasteiger partial charge in [0.2, 0.25) is 0 Å². The number of hydrogen-bond donors (Lipinski definition) is 1. The van der Waals surface area contributed by atoms with Gasteiger partial charge in [-0.3, -0.25) is 0 Å². The van der Waals surface area contributed by atoms with Crippen molar-refractivity contribution in [3.63, 3.8) is 0 Å². The van der Waals surface area contributed by atoms with Gasteiger partial charge in [0.1, 0.15) is 30.2 Å². The van der Waals surface area contributed by atoms with Crippen molar-refractivity contribution in [2.24, 2.45) is 7.05 Å². The van der Waals surface area contributed by atoms with E-state index < -0.39 is 5.60 Å². The Hall–Kier alpha value is -4.98. The molecule has 0 amide bonds. The van der Waals surface area contributed by atoms with Crippen molar-refractivity contribution in [1.82, 2.24) is 14.5 Å². The molecule has 0 saturated heterocycles. The van der Waals surface area contributed by atoms with Crippen molar-refractivity contribution in [2.75, 3.05) is 0 Å². The molecule has 6 bridgehead atoms. The Morgan fingerprint density at radius 1 is 1.00 bits per heavy atom. The molecule has 1 atom stereocenters. The highest BCUT2D eigenvalue weighted by molar-refractivity contribution is 5.96. The molecule has 1 aliphatic rings. The number of rotatable bonds is 1. The molecule has 0 saturated carbocycles. The normalized spacial score (nSPS) is 16.2. The minimum atomic E-state index is -1.61. The Labute approximate surface area is 207 Å². The molecule has 7 nitrogen and oxygen atoms in total. The topological polar surface area (TPSA) is 108 Å².